The standard InChI is InChI=1S/C8H17O3Si/c1-8(2,12(4)5)6-11-7(9)10-3/h6H2,1-5H3. The third kappa shape index (κ3) is 3.76. The molecule has 12 heavy (non-hydrogen) atoms. The Morgan fingerprint density at radius 2 is 1.92 bits per heavy atom. The summed E-state index contributed by atoms with van der Waals surface area (Å²) in [7, 11) is 0.871. The smallest absolute Gasteiger partial charge is 0.438 e. The molecule has 0 bridgehead atoms. The van der Waals surface area contributed by atoms with Gasteiger partial charge in [0.15, 0.2) is 0 Å². The molecule has 0 fully saturated rings. The molecular weight excluding hydrogens is 172 g/mol. The van der Waals surface area contributed by atoms with Crippen LogP contribution in [0.4, 0.5) is 4.79 Å². The van der Waals surface area contributed by atoms with Crippen LogP contribution >= 0.6 is 0 Å². The van der Waals surface area contributed by atoms with E-state index in [9.17, 15) is 4.79 Å². The Morgan fingerprint density at radius 1 is 1.42 bits per heavy atom. The van der Waals surface area contributed by atoms with Crippen LogP contribution in [-0.4, -0.2) is 28.7 Å². The van der Waals surface area contributed by atoms with E-state index in [0.717, 1.165) is 0 Å². The van der Waals surface area contributed by atoms with Gasteiger partial charge in [0, 0.05) is 0 Å². The molecule has 0 rings (SSSR count). The molecule has 0 atom stereocenters. The van der Waals surface area contributed by atoms with Gasteiger partial charge >= 0.3 is 6.16 Å². The molecule has 0 saturated carbocycles. The molecule has 0 heterocycles. The number of carbonyl (C=O) groups is 1. The lowest BCUT2D eigenvalue weighted by Crippen LogP contribution is -2.27. The van der Waals surface area contributed by atoms with Crippen molar-refractivity contribution in [3.05, 3.63) is 0 Å². The molecule has 0 aromatic carbocycles. The zero-order valence-corrected chi connectivity index (χ0v) is 9.43. The minimum absolute atomic E-state index is 0.110. The number of hydrogen-bond donors (Lipinski definition) is 0. The van der Waals surface area contributed by atoms with Gasteiger partial charge in [-0.15, -0.1) is 0 Å². The van der Waals surface area contributed by atoms with Crippen molar-refractivity contribution in [2.24, 2.45) is 0 Å². The average Bonchev–Trinajstić information content (AvgIpc) is 2.00. The summed E-state index contributed by atoms with van der Waals surface area (Å²) in [5.74, 6) is 0. The van der Waals surface area contributed by atoms with E-state index in [1.165, 1.54) is 7.11 Å². The molecule has 4 heteroatoms. The first kappa shape index (κ1) is 11.5. The highest BCUT2D eigenvalue weighted by Crippen LogP contribution is 2.28. The van der Waals surface area contributed by atoms with Crippen LogP contribution in [0.1, 0.15) is 13.8 Å². The summed E-state index contributed by atoms with van der Waals surface area (Å²) in [6, 6.07) is 0. The van der Waals surface area contributed by atoms with Crippen molar-refractivity contribution >= 4 is 15.0 Å². The fourth-order valence-corrected chi connectivity index (χ4v) is 0.803. The quantitative estimate of drug-likeness (QED) is 0.505. The van der Waals surface area contributed by atoms with Crippen LogP contribution in [0.15, 0.2) is 0 Å². The minimum Gasteiger partial charge on any atom is -0.438 e. The second kappa shape index (κ2) is 4.50. The SMILES string of the molecule is COC(=O)OCC(C)(C)[Si](C)C. The summed E-state index contributed by atoms with van der Waals surface area (Å²) < 4.78 is 9.26. The van der Waals surface area contributed by atoms with Crippen molar-refractivity contribution in [1.29, 1.82) is 0 Å². The van der Waals surface area contributed by atoms with Crippen molar-refractivity contribution in [1.82, 2.24) is 0 Å². The highest BCUT2D eigenvalue weighted by Gasteiger charge is 2.25. The minimum atomic E-state index is -0.591. The molecule has 0 saturated heterocycles. The molecule has 1 radical (unpaired) electrons. The van der Waals surface area contributed by atoms with Gasteiger partial charge in [0.1, 0.15) is 0 Å². The summed E-state index contributed by atoms with van der Waals surface area (Å²) in [5, 5.41) is 0.110. The van der Waals surface area contributed by atoms with Gasteiger partial charge in [0.25, 0.3) is 0 Å². The van der Waals surface area contributed by atoms with Gasteiger partial charge in [-0.05, 0) is 5.04 Å². The van der Waals surface area contributed by atoms with Gasteiger partial charge in [0.05, 0.1) is 22.5 Å². The molecule has 0 spiro atoms. The fraction of sp³-hybridized carbons (Fsp3) is 0.875. The fourth-order valence-electron chi connectivity index (χ4n) is 0.443. The van der Waals surface area contributed by atoms with Crippen molar-refractivity contribution in [3.8, 4) is 0 Å². The highest BCUT2D eigenvalue weighted by atomic mass is 28.3. The molecule has 0 amide bonds. The van der Waals surface area contributed by atoms with E-state index in [2.05, 4.69) is 31.7 Å². The number of hydrogen-bond acceptors (Lipinski definition) is 3. The summed E-state index contributed by atoms with van der Waals surface area (Å²) >= 11 is 0. The Hall–Kier alpha value is -0.513. The molecule has 0 unspecified atom stereocenters. The maximum absolute atomic E-state index is 10.6. The predicted molar refractivity (Wildman–Crippen MR) is 49.9 cm³/mol. The second-order valence-electron chi connectivity index (χ2n) is 3.63. The van der Waals surface area contributed by atoms with Crippen molar-refractivity contribution in [2.45, 2.75) is 32.0 Å². The van der Waals surface area contributed by atoms with Gasteiger partial charge in [0.2, 0.25) is 0 Å². The molecule has 0 aliphatic rings. The molecule has 0 aromatic rings. The highest BCUT2D eigenvalue weighted by molar-refractivity contribution is 6.59. The van der Waals surface area contributed by atoms with Gasteiger partial charge in [-0.1, -0.05) is 26.9 Å². The third-order valence-electron chi connectivity index (χ3n) is 2.07. The van der Waals surface area contributed by atoms with Crippen LogP contribution in [0.2, 0.25) is 18.1 Å². The normalized spacial score (nSPS) is 11.5. The average molecular weight is 189 g/mol. The Balaban J connectivity index is 3.83. The van der Waals surface area contributed by atoms with Gasteiger partial charge in [-0.3, -0.25) is 0 Å². The van der Waals surface area contributed by atoms with E-state index >= 15 is 0 Å². The van der Waals surface area contributed by atoms with Crippen LogP contribution in [0, 0.1) is 0 Å². The molecule has 3 nitrogen and oxygen atoms in total. The lowest BCUT2D eigenvalue weighted by molar-refractivity contribution is 0.0653. The van der Waals surface area contributed by atoms with Crippen LogP contribution in [0.3, 0.4) is 0 Å². The maximum Gasteiger partial charge on any atom is 0.507 e. The Bertz CT molecular complexity index is 154. The van der Waals surface area contributed by atoms with Crippen molar-refractivity contribution < 1.29 is 14.3 Å². The van der Waals surface area contributed by atoms with Crippen LogP contribution in [-0.2, 0) is 9.47 Å². The van der Waals surface area contributed by atoms with Crippen LogP contribution < -0.4 is 0 Å². The molecule has 0 aliphatic heterocycles. The largest absolute Gasteiger partial charge is 0.507 e. The lowest BCUT2D eigenvalue weighted by Gasteiger charge is -2.26. The van der Waals surface area contributed by atoms with E-state index in [-0.39, 0.29) is 5.04 Å². The molecule has 71 valence electrons. The number of carbonyl (C=O) groups excluding carboxylic acids is 1. The maximum atomic E-state index is 10.6. The van der Waals surface area contributed by atoms with E-state index in [0.29, 0.717) is 6.61 Å². The lowest BCUT2D eigenvalue weighted by atomic mass is 10.2. The van der Waals surface area contributed by atoms with Crippen LogP contribution in [0.5, 0.6) is 0 Å². The molecule has 0 aliphatic carbocycles. The van der Waals surface area contributed by atoms with E-state index in [1.807, 2.05) is 0 Å². The summed E-state index contributed by atoms with van der Waals surface area (Å²) in [4.78, 5) is 10.6. The summed E-state index contributed by atoms with van der Waals surface area (Å²) in [5.41, 5.74) is 0. The first-order valence-electron chi connectivity index (χ1n) is 3.91. The van der Waals surface area contributed by atoms with Gasteiger partial charge in [-0.2, -0.15) is 0 Å². The Kier molecular flexibility index (Phi) is 4.30. The molecule has 0 N–H and O–H groups in total. The monoisotopic (exact) mass is 189 g/mol. The second-order valence-corrected chi connectivity index (χ2v) is 6.98. The summed E-state index contributed by atoms with van der Waals surface area (Å²) in [6.07, 6.45) is -0.591. The predicted octanol–water partition coefficient (Wildman–Crippen LogP) is 2.30. The van der Waals surface area contributed by atoms with Gasteiger partial charge < -0.3 is 9.47 Å². The first-order chi connectivity index (χ1) is 5.40. The van der Waals surface area contributed by atoms with Crippen molar-refractivity contribution in [3.63, 3.8) is 0 Å². The Labute approximate surface area is 75.7 Å². The van der Waals surface area contributed by atoms with E-state index < -0.39 is 15.0 Å². The third-order valence-corrected chi connectivity index (χ3v) is 4.92. The molecular formula is C8H17O3Si. The number of rotatable bonds is 3. The van der Waals surface area contributed by atoms with E-state index in [4.69, 9.17) is 4.74 Å². The zero-order valence-electron chi connectivity index (χ0n) is 8.43. The molecule has 0 aromatic heterocycles. The van der Waals surface area contributed by atoms with Gasteiger partial charge in [-0.25, -0.2) is 4.79 Å². The van der Waals surface area contributed by atoms with Crippen molar-refractivity contribution in [2.75, 3.05) is 13.7 Å². The zero-order chi connectivity index (χ0) is 9.78. The summed E-state index contributed by atoms with van der Waals surface area (Å²) in [6.45, 7) is 9.05. The number of ether oxygens (including phenoxy) is 2. The first-order valence-corrected chi connectivity index (χ1v) is 6.41. The van der Waals surface area contributed by atoms with E-state index in [1.54, 1.807) is 0 Å². The van der Waals surface area contributed by atoms with Crippen LogP contribution in [0.25, 0.3) is 0 Å². The number of methoxy groups -OCH3 is 1. The topological polar surface area (TPSA) is 35.5 Å². The Morgan fingerprint density at radius 3 is 2.25 bits per heavy atom.